The molecule has 32 heavy (non-hydrogen) atoms. The van der Waals surface area contributed by atoms with Gasteiger partial charge in [-0.05, 0) is 55.3 Å². The van der Waals surface area contributed by atoms with Gasteiger partial charge in [0.25, 0.3) is 0 Å². The van der Waals surface area contributed by atoms with Crippen molar-refractivity contribution >= 4 is 40.4 Å². The van der Waals surface area contributed by atoms with Crippen LogP contribution in [-0.2, 0) is 9.59 Å². The largest absolute Gasteiger partial charge is 0.467 e. The first-order valence-electron chi connectivity index (χ1n) is 10.6. The van der Waals surface area contributed by atoms with Crippen molar-refractivity contribution in [3.63, 3.8) is 0 Å². The molecule has 2 N–H and O–H groups in total. The Morgan fingerprint density at radius 2 is 2.00 bits per heavy atom. The van der Waals surface area contributed by atoms with Gasteiger partial charge in [-0.1, -0.05) is 29.8 Å². The van der Waals surface area contributed by atoms with Crippen LogP contribution in [0, 0.1) is 0 Å². The second-order valence-electron chi connectivity index (χ2n) is 7.92. The molecule has 0 bridgehead atoms. The molecule has 1 amide bonds. The van der Waals surface area contributed by atoms with Gasteiger partial charge in [-0.2, -0.15) is 0 Å². The van der Waals surface area contributed by atoms with Crippen molar-refractivity contribution < 1.29 is 14.0 Å². The fourth-order valence-corrected chi connectivity index (χ4v) is 4.63. The van der Waals surface area contributed by atoms with E-state index in [0.29, 0.717) is 28.5 Å². The van der Waals surface area contributed by atoms with Crippen molar-refractivity contribution in [2.75, 3.05) is 22.1 Å². The summed E-state index contributed by atoms with van der Waals surface area (Å²) >= 11 is 6.07. The van der Waals surface area contributed by atoms with Gasteiger partial charge < -0.3 is 20.0 Å². The highest BCUT2D eigenvalue weighted by molar-refractivity contribution is 6.30. The minimum absolute atomic E-state index is 0.0284. The Hall–Kier alpha value is -3.51. The van der Waals surface area contributed by atoms with Crippen LogP contribution in [0.25, 0.3) is 0 Å². The number of allylic oxidation sites excluding steroid dienone is 1. The van der Waals surface area contributed by atoms with Gasteiger partial charge in [-0.3, -0.25) is 9.59 Å². The first-order valence-corrected chi connectivity index (χ1v) is 11.0. The Bertz CT molecular complexity index is 1200. The molecule has 3 aromatic rings. The van der Waals surface area contributed by atoms with E-state index in [1.54, 1.807) is 36.6 Å². The summed E-state index contributed by atoms with van der Waals surface area (Å²) in [4.78, 5) is 28.2. The third-order valence-electron chi connectivity index (χ3n) is 5.78. The molecule has 0 radical (unpaired) electrons. The van der Waals surface area contributed by atoms with E-state index in [2.05, 4.69) is 10.6 Å². The van der Waals surface area contributed by atoms with Crippen LogP contribution in [0.5, 0.6) is 0 Å². The number of ketones is 1. The number of amides is 1. The third-order valence-corrected chi connectivity index (χ3v) is 6.01. The number of furan rings is 1. The third kappa shape index (κ3) is 3.89. The predicted molar refractivity (Wildman–Crippen MR) is 125 cm³/mol. The molecule has 1 aliphatic carbocycles. The topological polar surface area (TPSA) is 74.6 Å². The second-order valence-corrected chi connectivity index (χ2v) is 8.35. The van der Waals surface area contributed by atoms with Gasteiger partial charge in [0.1, 0.15) is 11.8 Å². The highest BCUT2D eigenvalue weighted by Crippen LogP contribution is 2.44. The van der Waals surface area contributed by atoms with Crippen molar-refractivity contribution in [3.8, 4) is 0 Å². The van der Waals surface area contributed by atoms with Crippen LogP contribution in [0.2, 0.25) is 5.02 Å². The molecule has 0 saturated carbocycles. The van der Waals surface area contributed by atoms with E-state index < -0.39 is 6.04 Å². The number of carbonyl (C=O) groups is 2. The van der Waals surface area contributed by atoms with Gasteiger partial charge in [-0.25, -0.2) is 0 Å². The zero-order valence-electron chi connectivity index (χ0n) is 17.3. The lowest BCUT2D eigenvalue weighted by Gasteiger charge is -2.33. The summed E-state index contributed by atoms with van der Waals surface area (Å²) in [5, 5.41) is 6.93. The zero-order chi connectivity index (χ0) is 22.1. The molecule has 2 aliphatic rings. The summed E-state index contributed by atoms with van der Waals surface area (Å²) in [5.74, 6) is 0.487. The molecule has 162 valence electrons. The first kappa shape index (κ1) is 20.4. The van der Waals surface area contributed by atoms with Crippen molar-refractivity contribution in [3.05, 3.63) is 89.0 Å². The maximum absolute atomic E-state index is 13.1. The quantitative estimate of drug-likeness (QED) is 0.548. The van der Waals surface area contributed by atoms with Crippen LogP contribution in [0.4, 0.5) is 17.1 Å². The summed E-state index contributed by atoms with van der Waals surface area (Å²) in [6.07, 6.45) is 3.65. The highest BCUT2D eigenvalue weighted by Gasteiger charge is 2.38. The SMILES string of the molecule is O=C(CN1c2ccccc2NC2=C(C(=O)CCC2)[C@@H]1c1ccco1)Nc1cccc(Cl)c1. The van der Waals surface area contributed by atoms with Crippen molar-refractivity contribution in [2.24, 2.45) is 0 Å². The number of fused-ring (bicyclic) bond motifs is 1. The number of Topliss-reactive ketones (excluding diaryl/α,β-unsaturated/α-hetero) is 1. The first-order chi connectivity index (χ1) is 15.6. The molecule has 0 unspecified atom stereocenters. The number of carbonyl (C=O) groups excluding carboxylic acids is 2. The number of halogens is 1. The maximum atomic E-state index is 13.1. The molecule has 0 spiro atoms. The van der Waals surface area contributed by atoms with E-state index in [9.17, 15) is 9.59 Å². The Morgan fingerprint density at radius 3 is 2.81 bits per heavy atom. The van der Waals surface area contributed by atoms with Gasteiger partial charge in [0.2, 0.25) is 5.91 Å². The van der Waals surface area contributed by atoms with Crippen LogP contribution in [0.15, 0.2) is 82.6 Å². The fraction of sp³-hybridized carbons (Fsp3) is 0.200. The van der Waals surface area contributed by atoms with Crippen molar-refractivity contribution in [1.29, 1.82) is 0 Å². The predicted octanol–water partition coefficient (Wildman–Crippen LogP) is 5.55. The van der Waals surface area contributed by atoms with Gasteiger partial charge >= 0.3 is 0 Å². The molecule has 7 heteroatoms. The Balaban J connectivity index is 1.58. The number of anilines is 3. The second kappa shape index (κ2) is 8.55. The minimum atomic E-state index is -0.505. The molecule has 1 aliphatic heterocycles. The molecule has 5 rings (SSSR count). The van der Waals surface area contributed by atoms with Gasteiger partial charge in [0.15, 0.2) is 5.78 Å². The van der Waals surface area contributed by atoms with E-state index in [1.807, 2.05) is 35.2 Å². The Kier molecular flexibility index (Phi) is 5.45. The molecule has 0 fully saturated rings. The highest BCUT2D eigenvalue weighted by atomic mass is 35.5. The number of hydrogen-bond donors (Lipinski definition) is 2. The Morgan fingerprint density at radius 1 is 1.12 bits per heavy atom. The lowest BCUT2D eigenvalue weighted by molar-refractivity contribution is -0.117. The summed E-state index contributed by atoms with van der Waals surface area (Å²) in [6, 6.07) is 18.0. The lowest BCUT2D eigenvalue weighted by Crippen LogP contribution is -2.38. The van der Waals surface area contributed by atoms with Crippen molar-refractivity contribution in [1.82, 2.24) is 0 Å². The smallest absolute Gasteiger partial charge is 0.243 e. The lowest BCUT2D eigenvalue weighted by atomic mass is 9.88. The summed E-state index contributed by atoms with van der Waals surface area (Å²) in [5.41, 5.74) is 3.87. The molecule has 1 atom stereocenters. The molecule has 2 aromatic carbocycles. The van der Waals surface area contributed by atoms with Gasteiger partial charge in [0.05, 0.1) is 24.2 Å². The van der Waals surface area contributed by atoms with Gasteiger partial charge in [0, 0.05) is 28.4 Å². The molecule has 1 aromatic heterocycles. The van der Waals surface area contributed by atoms with E-state index in [0.717, 1.165) is 29.9 Å². The molecular weight excluding hydrogens is 426 g/mol. The molecule has 2 heterocycles. The van der Waals surface area contributed by atoms with Crippen molar-refractivity contribution in [2.45, 2.75) is 25.3 Å². The van der Waals surface area contributed by atoms with Crippen LogP contribution in [0.1, 0.15) is 31.1 Å². The monoisotopic (exact) mass is 447 g/mol. The summed E-state index contributed by atoms with van der Waals surface area (Å²) < 4.78 is 5.78. The summed E-state index contributed by atoms with van der Waals surface area (Å²) in [7, 11) is 0. The number of nitrogens with one attached hydrogen (secondary N) is 2. The van der Waals surface area contributed by atoms with E-state index in [4.69, 9.17) is 16.0 Å². The standard InChI is InChI=1S/C25H22ClN3O3/c26-16-6-3-7-17(14-16)27-23(31)15-29-20-10-2-1-8-18(20)28-19-9-4-11-21(30)24(19)25(29)22-12-5-13-32-22/h1-3,5-8,10,12-14,25,28H,4,9,11,15H2,(H,27,31)/t25-/m0/s1. The van der Waals surface area contributed by atoms with E-state index in [1.165, 1.54) is 0 Å². The van der Waals surface area contributed by atoms with Crippen LogP contribution >= 0.6 is 11.6 Å². The van der Waals surface area contributed by atoms with Crippen LogP contribution in [0.3, 0.4) is 0 Å². The maximum Gasteiger partial charge on any atom is 0.243 e. The number of benzene rings is 2. The number of hydrogen-bond acceptors (Lipinski definition) is 5. The zero-order valence-corrected chi connectivity index (χ0v) is 18.1. The Labute approximate surface area is 190 Å². The molecular formula is C25H22ClN3O3. The number of rotatable bonds is 4. The van der Waals surface area contributed by atoms with Gasteiger partial charge in [-0.15, -0.1) is 0 Å². The van der Waals surface area contributed by atoms with E-state index in [-0.39, 0.29) is 18.2 Å². The van der Waals surface area contributed by atoms with Crippen LogP contribution < -0.4 is 15.5 Å². The minimum Gasteiger partial charge on any atom is -0.467 e. The van der Waals surface area contributed by atoms with E-state index >= 15 is 0 Å². The normalized spacial score (nSPS) is 17.8. The average molecular weight is 448 g/mol. The number of nitrogens with zero attached hydrogens (tertiary/aromatic N) is 1. The summed E-state index contributed by atoms with van der Waals surface area (Å²) in [6.45, 7) is 0.0284. The number of para-hydroxylation sites is 2. The fourth-order valence-electron chi connectivity index (χ4n) is 4.44. The van der Waals surface area contributed by atoms with Crippen LogP contribution in [-0.4, -0.2) is 18.2 Å². The molecule has 6 nitrogen and oxygen atoms in total. The average Bonchev–Trinajstić information content (AvgIpc) is 3.25. The molecule has 0 saturated heterocycles.